The number of carbonyl (C=O) groups excluding carboxylic acids is 1. The van der Waals surface area contributed by atoms with Crippen molar-refractivity contribution in [3.8, 4) is 5.75 Å². The standard InChI is InChI=1S/C14H12BrN3O3/c15-11-8-9(13(16)18-20)6-7-12(11)17-14(19)21-10-4-2-1-3-5-10/h1-8,20H,(H2,16,18)(H,17,19). The van der Waals surface area contributed by atoms with Crippen molar-refractivity contribution in [3.63, 3.8) is 0 Å². The Morgan fingerprint density at radius 3 is 2.57 bits per heavy atom. The molecule has 0 aliphatic heterocycles. The minimum absolute atomic E-state index is 0.0193. The number of rotatable bonds is 3. The number of benzene rings is 2. The fourth-order valence-electron chi connectivity index (χ4n) is 1.56. The number of halogens is 1. The Balaban J connectivity index is 2.08. The van der Waals surface area contributed by atoms with Crippen LogP contribution in [-0.4, -0.2) is 17.1 Å². The van der Waals surface area contributed by atoms with Gasteiger partial charge in [0.15, 0.2) is 5.84 Å². The van der Waals surface area contributed by atoms with Crippen LogP contribution < -0.4 is 15.8 Å². The fourth-order valence-corrected chi connectivity index (χ4v) is 2.04. The number of hydrogen-bond acceptors (Lipinski definition) is 4. The summed E-state index contributed by atoms with van der Waals surface area (Å²) in [6.45, 7) is 0. The molecule has 0 radical (unpaired) electrons. The number of anilines is 1. The van der Waals surface area contributed by atoms with Crippen LogP contribution in [0, 0.1) is 0 Å². The van der Waals surface area contributed by atoms with E-state index < -0.39 is 6.09 Å². The number of nitrogens with zero attached hydrogens (tertiary/aromatic N) is 1. The summed E-state index contributed by atoms with van der Waals surface area (Å²) in [5.74, 6) is 0.425. The zero-order chi connectivity index (χ0) is 15.2. The van der Waals surface area contributed by atoms with Gasteiger partial charge in [-0.1, -0.05) is 23.4 Å². The molecule has 4 N–H and O–H groups in total. The molecule has 0 saturated carbocycles. The van der Waals surface area contributed by atoms with E-state index in [1.54, 1.807) is 42.5 Å². The molecular formula is C14H12BrN3O3. The Morgan fingerprint density at radius 2 is 1.95 bits per heavy atom. The van der Waals surface area contributed by atoms with Crippen molar-refractivity contribution in [2.45, 2.75) is 0 Å². The lowest BCUT2D eigenvalue weighted by molar-refractivity contribution is 0.215. The molecule has 0 saturated heterocycles. The van der Waals surface area contributed by atoms with E-state index in [4.69, 9.17) is 15.7 Å². The SMILES string of the molecule is N/C(=N/O)c1ccc(NC(=O)Oc2ccccc2)c(Br)c1. The molecule has 0 spiro atoms. The molecule has 0 aliphatic carbocycles. The van der Waals surface area contributed by atoms with Crippen LogP contribution in [0.3, 0.4) is 0 Å². The normalized spacial score (nSPS) is 11.0. The highest BCUT2D eigenvalue weighted by molar-refractivity contribution is 9.10. The molecule has 0 atom stereocenters. The average molecular weight is 350 g/mol. The number of ether oxygens (including phenoxy) is 1. The highest BCUT2D eigenvalue weighted by atomic mass is 79.9. The summed E-state index contributed by atoms with van der Waals surface area (Å²) in [4.78, 5) is 11.8. The van der Waals surface area contributed by atoms with Crippen LogP contribution in [0.15, 0.2) is 58.2 Å². The lowest BCUT2D eigenvalue weighted by Crippen LogP contribution is -2.17. The number of oxime groups is 1. The van der Waals surface area contributed by atoms with E-state index in [1.165, 1.54) is 0 Å². The van der Waals surface area contributed by atoms with Crippen molar-refractivity contribution in [1.29, 1.82) is 0 Å². The average Bonchev–Trinajstić information content (AvgIpc) is 2.49. The van der Waals surface area contributed by atoms with Crippen molar-refractivity contribution in [1.82, 2.24) is 0 Å². The Labute approximate surface area is 129 Å². The van der Waals surface area contributed by atoms with Gasteiger partial charge in [-0.05, 0) is 46.3 Å². The summed E-state index contributed by atoms with van der Waals surface area (Å²) in [6.07, 6.45) is -0.613. The first-order chi connectivity index (χ1) is 10.1. The molecule has 0 aliphatic rings. The maximum Gasteiger partial charge on any atom is 0.417 e. The van der Waals surface area contributed by atoms with Crippen LogP contribution in [0.2, 0.25) is 0 Å². The first kappa shape index (κ1) is 14.9. The lowest BCUT2D eigenvalue weighted by Gasteiger charge is -2.09. The van der Waals surface area contributed by atoms with Crippen molar-refractivity contribution in [3.05, 3.63) is 58.6 Å². The minimum Gasteiger partial charge on any atom is -0.410 e. The fraction of sp³-hybridized carbons (Fsp3) is 0. The third-order valence-corrected chi connectivity index (χ3v) is 3.22. The second kappa shape index (κ2) is 6.76. The van der Waals surface area contributed by atoms with Crippen LogP contribution in [0.25, 0.3) is 0 Å². The zero-order valence-electron chi connectivity index (χ0n) is 10.8. The molecule has 21 heavy (non-hydrogen) atoms. The molecule has 108 valence electrons. The minimum atomic E-state index is -0.613. The Kier molecular flexibility index (Phi) is 4.78. The third-order valence-electron chi connectivity index (χ3n) is 2.56. The molecule has 6 nitrogen and oxygen atoms in total. The zero-order valence-corrected chi connectivity index (χ0v) is 12.4. The van der Waals surface area contributed by atoms with Crippen molar-refractivity contribution < 1.29 is 14.7 Å². The number of nitrogens with two attached hydrogens (primary N) is 1. The maximum atomic E-state index is 11.8. The summed E-state index contributed by atoms with van der Waals surface area (Å²) in [5, 5.41) is 14.1. The van der Waals surface area contributed by atoms with E-state index in [9.17, 15) is 4.79 Å². The van der Waals surface area contributed by atoms with Gasteiger partial charge in [0.25, 0.3) is 0 Å². The molecule has 7 heteroatoms. The summed E-state index contributed by atoms with van der Waals surface area (Å²) >= 11 is 3.30. The van der Waals surface area contributed by atoms with Gasteiger partial charge in [0.2, 0.25) is 0 Å². The first-order valence-corrected chi connectivity index (χ1v) is 6.71. The Bertz CT molecular complexity index is 674. The largest absolute Gasteiger partial charge is 0.417 e. The van der Waals surface area contributed by atoms with Gasteiger partial charge < -0.3 is 15.7 Å². The van der Waals surface area contributed by atoms with E-state index in [0.29, 0.717) is 21.5 Å². The monoisotopic (exact) mass is 349 g/mol. The van der Waals surface area contributed by atoms with E-state index in [2.05, 4.69) is 26.4 Å². The number of amidine groups is 1. The van der Waals surface area contributed by atoms with Gasteiger partial charge in [-0.15, -0.1) is 0 Å². The second-order valence-electron chi connectivity index (χ2n) is 4.01. The molecule has 0 heterocycles. The van der Waals surface area contributed by atoms with Gasteiger partial charge in [-0.2, -0.15) is 0 Å². The highest BCUT2D eigenvalue weighted by Crippen LogP contribution is 2.24. The van der Waals surface area contributed by atoms with E-state index in [-0.39, 0.29) is 5.84 Å². The van der Waals surface area contributed by atoms with Gasteiger partial charge in [-0.3, -0.25) is 5.32 Å². The van der Waals surface area contributed by atoms with Crippen molar-refractivity contribution >= 4 is 33.5 Å². The molecule has 2 rings (SSSR count). The van der Waals surface area contributed by atoms with Crippen LogP contribution >= 0.6 is 15.9 Å². The predicted octanol–water partition coefficient (Wildman–Crippen LogP) is 3.15. The second-order valence-corrected chi connectivity index (χ2v) is 4.86. The van der Waals surface area contributed by atoms with Crippen LogP contribution in [0.5, 0.6) is 5.75 Å². The van der Waals surface area contributed by atoms with Crippen molar-refractivity contribution in [2.75, 3.05) is 5.32 Å². The van der Waals surface area contributed by atoms with E-state index in [1.807, 2.05) is 6.07 Å². The Hall–Kier alpha value is -2.54. The van der Waals surface area contributed by atoms with Crippen LogP contribution in [0.1, 0.15) is 5.56 Å². The molecule has 1 amide bonds. The van der Waals surface area contributed by atoms with Gasteiger partial charge in [0, 0.05) is 10.0 Å². The topological polar surface area (TPSA) is 96.9 Å². The number of nitrogens with one attached hydrogen (secondary N) is 1. The quantitative estimate of drug-likeness (QED) is 0.343. The summed E-state index contributed by atoms with van der Waals surface area (Å²) in [6, 6.07) is 13.6. The smallest absolute Gasteiger partial charge is 0.410 e. The van der Waals surface area contributed by atoms with Gasteiger partial charge in [0.1, 0.15) is 5.75 Å². The number of carbonyl (C=O) groups is 1. The van der Waals surface area contributed by atoms with Crippen LogP contribution in [0.4, 0.5) is 10.5 Å². The van der Waals surface area contributed by atoms with Gasteiger partial charge in [-0.25, -0.2) is 4.79 Å². The third kappa shape index (κ3) is 3.96. The predicted molar refractivity (Wildman–Crippen MR) is 82.7 cm³/mol. The summed E-state index contributed by atoms with van der Waals surface area (Å²) < 4.78 is 5.69. The molecule has 2 aromatic rings. The molecule has 0 fully saturated rings. The van der Waals surface area contributed by atoms with Gasteiger partial charge in [0.05, 0.1) is 5.69 Å². The van der Waals surface area contributed by atoms with Gasteiger partial charge >= 0.3 is 6.09 Å². The van der Waals surface area contributed by atoms with E-state index in [0.717, 1.165) is 0 Å². The van der Waals surface area contributed by atoms with Crippen LogP contribution in [-0.2, 0) is 0 Å². The summed E-state index contributed by atoms with van der Waals surface area (Å²) in [7, 11) is 0. The number of hydrogen-bond donors (Lipinski definition) is 3. The molecule has 0 unspecified atom stereocenters. The van der Waals surface area contributed by atoms with Crippen molar-refractivity contribution in [2.24, 2.45) is 10.9 Å². The maximum absolute atomic E-state index is 11.8. The highest BCUT2D eigenvalue weighted by Gasteiger charge is 2.09. The molecule has 2 aromatic carbocycles. The first-order valence-electron chi connectivity index (χ1n) is 5.91. The number of amides is 1. The Morgan fingerprint density at radius 1 is 1.24 bits per heavy atom. The molecule has 0 bridgehead atoms. The lowest BCUT2D eigenvalue weighted by atomic mass is 10.2. The molecular weight excluding hydrogens is 338 g/mol. The molecule has 0 aromatic heterocycles. The summed E-state index contributed by atoms with van der Waals surface area (Å²) in [5.41, 5.74) is 6.51. The number of para-hydroxylation sites is 1. The van der Waals surface area contributed by atoms with E-state index >= 15 is 0 Å².